The molecule has 50 heavy (non-hydrogen) atoms. The van der Waals surface area contributed by atoms with E-state index in [1.165, 1.54) is 60.8 Å². The van der Waals surface area contributed by atoms with Crippen molar-refractivity contribution in [1.29, 1.82) is 0 Å². The van der Waals surface area contributed by atoms with Crippen LogP contribution in [0.1, 0.15) is 92.5 Å². The van der Waals surface area contributed by atoms with Crippen LogP contribution in [0.3, 0.4) is 0 Å². The fourth-order valence-corrected chi connectivity index (χ4v) is 6.72. The standard InChI is InChI=1S/C21H25.C15H8Cl6.C5H5.2ClH.Zr/c1-20(2,3)16-9-7-14-11-15-8-10-17(21(4,5)6)13-19(15)18(14)12-16;16-14(17,18)12-5-1-10(2-6-12)9-11-3-7-13(8-4-11)15(19,20)21;1-2-4-5-3-1;;;/h7,9-10,12-13H,11H2,1-6H3;1-8H;1-3H,4H2;2*1H;/q-1;;-1;;;+2/p-2. The average Bonchev–Trinajstić information content (AvgIpc) is 3.71. The molecule has 0 saturated heterocycles. The van der Waals surface area contributed by atoms with Gasteiger partial charge in [0.25, 0.3) is 0 Å². The molecule has 4 aromatic carbocycles. The molecule has 2 aliphatic carbocycles. The molecule has 9 heteroatoms. The van der Waals surface area contributed by atoms with E-state index in [9.17, 15) is 0 Å². The molecule has 6 rings (SSSR count). The third-order valence-electron chi connectivity index (χ3n) is 8.11. The molecule has 0 saturated carbocycles. The van der Waals surface area contributed by atoms with E-state index < -0.39 is 7.59 Å². The van der Waals surface area contributed by atoms with Crippen LogP contribution in [0.5, 0.6) is 0 Å². The van der Waals surface area contributed by atoms with E-state index in [4.69, 9.17) is 69.6 Å². The van der Waals surface area contributed by atoms with Crippen molar-refractivity contribution < 1.29 is 49.0 Å². The molecule has 0 N–H and O–H groups in total. The Morgan fingerprint density at radius 1 is 0.620 bits per heavy atom. The first-order valence-corrected chi connectivity index (χ1v) is 19.1. The van der Waals surface area contributed by atoms with Crippen LogP contribution in [-0.4, -0.2) is 3.21 Å². The molecule has 0 atom stereocenters. The van der Waals surface area contributed by atoms with E-state index in [-0.39, 0.29) is 35.6 Å². The van der Waals surface area contributed by atoms with E-state index in [2.05, 4.69) is 90.1 Å². The summed E-state index contributed by atoms with van der Waals surface area (Å²) in [7, 11) is 0. The Kier molecular flexibility index (Phi) is 17.0. The summed E-state index contributed by atoms with van der Waals surface area (Å²) in [5.41, 5.74) is 12.2. The van der Waals surface area contributed by atoms with Gasteiger partial charge in [-0.2, -0.15) is 35.4 Å². The van der Waals surface area contributed by atoms with Gasteiger partial charge in [-0.15, -0.1) is 12.0 Å². The zero-order valence-corrected chi connectivity index (χ0v) is 37.2. The minimum Gasteiger partial charge on any atom is -1.00 e. The molecule has 0 fully saturated rings. The normalized spacial score (nSPS) is 13.1. The molecule has 0 aliphatic heterocycles. The zero-order chi connectivity index (χ0) is 35.5. The van der Waals surface area contributed by atoms with E-state index in [1.54, 1.807) is 0 Å². The molecular weight excluding hydrogens is 867 g/mol. The fourth-order valence-electron chi connectivity index (χ4n) is 5.14. The van der Waals surface area contributed by atoms with E-state index in [0.29, 0.717) is 11.1 Å². The van der Waals surface area contributed by atoms with E-state index >= 15 is 0 Å². The van der Waals surface area contributed by atoms with Gasteiger partial charge < -0.3 is 24.8 Å². The van der Waals surface area contributed by atoms with Gasteiger partial charge in [0.05, 0.1) is 0 Å². The van der Waals surface area contributed by atoms with Gasteiger partial charge in [0.2, 0.25) is 0 Å². The molecule has 0 nitrogen and oxygen atoms in total. The molecule has 264 valence electrons. The summed E-state index contributed by atoms with van der Waals surface area (Å²) >= 11 is 36.4. The summed E-state index contributed by atoms with van der Waals surface area (Å²) in [5, 5.41) is 0. The van der Waals surface area contributed by atoms with Crippen molar-refractivity contribution in [2.75, 3.05) is 0 Å². The quantitative estimate of drug-likeness (QED) is 0.128. The number of hydrogen-bond acceptors (Lipinski definition) is 0. The number of hydrogen-bond donors (Lipinski definition) is 0. The average molecular weight is 906 g/mol. The van der Waals surface area contributed by atoms with Crippen LogP contribution < -0.4 is 24.8 Å². The van der Waals surface area contributed by atoms with Crippen LogP contribution in [0.2, 0.25) is 0 Å². The molecule has 4 aromatic rings. The first kappa shape index (κ1) is 45.6. The fraction of sp³-hybridized carbons (Fsp3) is 0.293. The van der Waals surface area contributed by atoms with Crippen molar-refractivity contribution in [3.05, 3.63) is 154 Å². The summed E-state index contributed by atoms with van der Waals surface area (Å²) in [5.74, 6) is 0. The third kappa shape index (κ3) is 12.5. The van der Waals surface area contributed by atoms with Crippen molar-refractivity contribution in [2.24, 2.45) is 0 Å². The van der Waals surface area contributed by atoms with Gasteiger partial charge in [0.1, 0.15) is 0 Å². The van der Waals surface area contributed by atoms with Gasteiger partial charge in [0, 0.05) is 0 Å². The SMILES string of the molecule is CC(C)(C)c1c[c-]c2c(c1)-c1cc(C(C)(C)C)ccc1C2.ClC(Cl)(Cl)c1ccc([C](=[Zr+2])c2ccc(C(Cl)(Cl)Cl)cc2)cc1.[C-]1=CC=CC1.[Cl-].[Cl-]. The van der Waals surface area contributed by atoms with Crippen molar-refractivity contribution >= 4 is 72.8 Å². The number of benzene rings is 4. The van der Waals surface area contributed by atoms with Crippen LogP contribution in [0, 0.1) is 12.1 Å². The van der Waals surface area contributed by atoms with Crippen LogP contribution in [0.25, 0.3) is 11.1 Å². The van der Waals surface area contributed by atoms with Crippen LogP contribution in [-0.2, 0) is 49.1 Å². The predicted octanol–water partition coefficient (Wildman–Crippen LogP) is 7.42. The first-order chi connectivity index (χ1) is 22.2. The van der Waals surface area contributed by atoms with Crippen molar-refractivity contribution in [3.8, 4) is 11.1 Å². The monoisotopic (exact) mass is 900 g/mol. The molecule has 0 aromatic heterocycles. The molecule has 0 spiro atoms. The molecule has 0 amide bonds. The van der Waals surface area contributed by atoms with Crippen molar-refractivity contribution in [1.82, 2.24) is 0 Å². The number of alkyl halides is 6. The van der Waals surface area contributed by atoms with Crippen molar-refractivity contribution in [2.45, 2.75) is 72.8 Å². The summed E-state index contributed by atoms with van der Waals surface area (Å²) in [6.07, 6.45) is 11.0. The minimum absolute atomic E-state index is 0. The Bertz CT molecular complexity index is 1670. The van der Waals surface area contributed by atoms with Crippen LogP contribution in [0.4, 0.5) is 0 Å². The Balaban J connectivity index is 0.000000293. The Hall–Kier alpha value is -0.567. The second kappa shape index (κ2) is 18.7. The van der Waals surface area contributed by atoms with Gasteiger partial charge in [-0.1, -0.05) is 76.3 Å². The second-order valence-electron chi connectivity index (χ2n) is 13.9. The van der Waals surface area contributed by atoms with Gasteiger partial charge in [-0.3, -0.25) is 6.08 Å². The third-order valence-corrected chi connectivity index (χ3v) is 10.8. The molecule has 0 heterocycles. The van der Waals surface area contributed by atoms with Gasteiger partial charge in [-0.05, 0) is 17.4 Å². The largest absolute Gasteiger partial charge is 1.00 e. The molecule has 0 bridgehead atoms. The Labute approximate surface area is 356 Å². The summed E-state index contributed by atoms with van der Waals surface area (Å²) < 4.78 is -1.66. The smallest absolute Gasteiger partial charge is 0.109 e. The van der Waals surface area contributed by atoms with E-state index in [0.717, 1.165) is 24.0 Å². The van der Waals surface area contributed by atoms with Gasteiger partial charge in [-0.25, -0.2) is 12.2 Å². The minimum atomic E-state index is -1.41. The zero-order valence-electron chi connectivity index (χ0n) is 28.7. The Morgan fingerprint density at radius 3 is 1.46 bits per heavy atom. The number of rotatable bonds is 2. The van der Waals surface area contributed by atoms with Gasteiger partial charge in [0.15, 0.2) is 0 Å². The number of allylic oxidation sites excluding steroid dienone is 4. The number of halogens is 8. The topological polar surface area (TPSA) is 0 Å². The maximum absolute atomic E-state index is 5.86. The van der Waals surface area contributed by atoms with Crippen LogP contribution in [0.15, 0.2) is 97.1 Å². The predicted molar refractivity (Wildman–Crippen MR) is 207 cm³/mol. The van der Waals surface area contributed by atoms with E-state index in [1.807, 2.05) is 60.7 Å². The molecular formula is C41H38Cl8Zr-2. The summed E-state index contributed by atoms with van der Waals surface area (Å²) in [6.45, 7) is 13.6. The molecule has 0 unspecified atom stereocenters. The maximum Gasteiger partial charge on any atom is -0.109 e. The first-order valence-electron chi connectivity index (χ1n) is 15.6. The van der Waals surface area contributed by atoms with Gasteiger partial charge >= 0.3 is 175 Å². The second-order valence-corrected chi connectivity index (χ2v) is 19.6. The summed E-state index contributed by atoms with van der Waals surface area (Å²) in [6, 6.07) is 30.0. The Morgan fingerprint density at radius 2 is 1.08 bits per heavy atom. The van der Waals surface area contributed by atoms with Crippen molar-refractivity contribution in [3.63, 3.8) is 0 Å². The van der Waals surface area contributed by atoms with Crippen LogP contribution >= 0.6 is 69.6 Å². The number of fused-ring (bicyclic) bond motifs is 3. The molecule has 2 aliphatic rings. The molecule has 0 radical (unpaired) electrons. The maximum atomic E-state index is 5.86. The summed E-state index contributed by atoms with van der Waals surface area (Å²) in [4.78, 5) is 0.